The second-order valence-corrected chi connectivity index (χ2v) is 6.81. The summed E-state index contributed by atoms with van der Waals surface area (Å²) in [5, 5.41) is 3.81. The third kappa shape index (κ3) is 3.94. The van der Waals surface area contributed by atoms with E-state index in [0.717, 1.165) is 24.3 Å². The average Bonchev–Trinajstić information content (AvgIpc) is 2.54. The van der Waals surface area contributed by atoms with Gasteiger partial charge < -0.3 is 5.32 Å². The fourth-order valence-electron chi connectivity index (χ4n) is 3.64. The zero-order chi connectivity index (χ0) is 16.2. The molecule has 2 aromatic carbocycles. The number of benzene rings is 2. The maximum Gasteiger partial charge on any atom is 0.216 e. The second kappa shape index (κ2) is 7.18. The maximum absolute atomic E-state index is 11.4. The van der Waals surface area contributed by atoms with Gasteiger partial charge in [-0.3, -0.25) is 4.79 Å². The molecule has 0 fully saturated rings. The van der Waals surface area contributed by atoms with Crippen LogP contribution in [-0.2, 0) is 17.6 Å². The van der Waals surface area contributed by atoms with Crippen LogP contribution in [0, 0.1) is 5.92 Å². The molecule has 0 saturated heterocycles. The topological polar surface area (TPSA) is 29.1 Å². The van der Waals surface area contributed by atoms with Crippen LogP contribution in [0.1, 0.15) is 36.0 Å². The molecule has 0 aliphatic heterocycles. The van der Waals surface area contributed by atoms with E-state index in [0.29, 0.717) is 18.4 Å². The Morgan fingerprint density at radius 2 is 2.00 bits per heavy atom. The normalized spacial score (nSPS) is 19.9. The van der Waals surface area contributed by atoms with Crippen molar-refractivity contribution in [2.75, 3.05) is 6.54 Å². The molecule has 3 rings (SSSR count). The molecule has 0 radical (unpaired) electrons. The average molecular weight is 328 g/mol. The van der Waals surface area contributed by atoms with E-state index in [4.69, 9.17) is 11.6 Å². The third-order valence-electron chi connectivity index (χ3n) is 4.77. The number of hydrogen-bond acceptors (Lipinski definition) is 1. The minimum absolute atomic E-state index is 0.0320. The lowest BCUT2D eigenvalue weighted by atomic mass is 9.72. The molecule has 0 saturated carbocycles. The van der Waals surface area contributed by atoms with Crippen molar-refractivity contribution < 1.29 is 4.79 Å². The minimum Gasteiger partial charge on any atom is -0.356 e. The number of carbonyl (C=O) groups excluding carboxylic acids is 1. The van der Waals surface area contributed by atoms with E-state index in [2.05, 4.69) is 47.8 Å². The highest BCUT2D eigenvalue weighted by Gasteiger charge is 2.29. The van der Waals surface area contributed by atoms with Gasteiger partial charge in [-0.2, -0.15) is 0 Å². The van der Waals surface area contributed by atoms with Gasteiger partial charge in [-0.15, -0.1) is 0 Å². The first-order valence-corrected chi connectivity index (χ1v) is 8.58. The van der Waals surface area contributed by atoms with E-state index in [-0.39, 0.29) is 5.91 Å². The maximum atomic E-state index is 11.4. The number of halogens is 1. The van der Waals surface area contributed by atoms with Gasteiger partial charge in [-0.25, -0.2) is 0 Å². The molecule has 2 unspecified atom stereocenters. The van der Waals surface area contributed by atoms with Crippen molar-refractivity contribution in [3.63, 3.8) is 0 Å². The van der Waals surface area contributed by atoms with Crippen molar-refractivity contribution in [1.29, 1.82) is 0 Å². The summed E-state index contributed by atoms with van der Waals surface area (Å²) in [5.41, 5.74) is 4.04. The highest BCUT2D eigenvalue weighted by Crippen LogP contribution is 2.38. The van der Waals surface area contributed by atoms with Crippen LogP contribution in [0.3, 0.4) is 0 Å². The van der Waals surface area contributed by atoms with Crippen molar-refractivity contribution in [2.45, 2.75) is 32.1 Å². The zero-order valence-electron chi connectivity index (χ0n) is 13.4. The molecule has 23 heavy (non-hydrogen) atoms. The van der Waals surface area contributed by atoms with Crippen LogP contribution < -0.4 is 5.32 Å². The van der Waals surface area contributed by atoms with Crippen LogP contribution in [0.25, 0.3) is 0 Å². The highest BCUT2D eigenvalue weighted by molar-refractivity contribution is 6.30. The Hall–Kier alpha value is -1.80. The Morgan fingerprint density at radius 3 is 2.74 bits per heavy atom. The molecule has 0 heterocycles. The van der Waals surface area contributed by atoms with Gasteiger partial charge in [0.2, 0.25) is 5.91 Å². The summed E-state index contributed by atoms with van der Waals surface area (Å²) in [5.74, 6) is 0.919. The number of nitrogens with one attached hydrogen (secondary N) is 1. The van der Waals surface area contributed by atoms with Crippen LogP contribution in [0.4, 0.5) is 0 Å². The summed E-state index contributed by atoms with van der Waals surface area (Å²) >= 11 is 6.15. The summed E-state index contributed by atoms with van der Waals surface area (Å²) in [4.78, 5) is 11.4. The number of rotatable bonds is 4. The Morgan fingerprint density at radius 1 is 1.22 bits per heavy atom. The van der Waals surface area contributed by atoms with Crippen LogP contribution in [0.2, 0.25) is 5.02 Å². The molecule has 1 aliphatic carbocycles. The molecule has 2 atom stereocenters. The quantitative estimate of drug-likeness (QED) is 0.888. The van der Waals surface area contributed by atoms with Crippen LogP contribution in [-0.4, -0.2) is 12.5 Å². The number of fused-ring (bicyclic) bond motifs is 1. The van der Waals surface area contributed by atoms with Crippen molar-refractivity contribution >= 4 is 17.5 Å². The predicted octanol–water partition coefficient (Wildman–Crippen LogP) is 4.36. The standard InChI is InChI=1S/C20H22ClNO/c1-14(23)22-13-20-16(11-15-5-3-2-4-6-15)7-8-17-12-18(21)9-10-19(17)20/h2-6,9-10,12,16,20H,7-8,11,13H2,1H3,(H,22,23). The summed E-state index contributed by atoms with van der Waals surface area (Å²) in [6.07, 6.45) is 3.24. The number of hydrogen-bond donors (Lipinski definition) is 1. The SMILES string of the molecule is CC(=O)NCC1c2ccc(Cl)cc2CCC1Cc1ccccc1. The molecule has 0 aromatic heterocycles. The van der Waals surface area contributed by atoms with E-state index in [1.165, 1.54) is 16.7 Å². The van der Waals surface area contributed by atoms with Crippen molar-refractivity contribution in [3.05, 3.63) is 70.2 Å². The summed E-state index contributed by atoms with van der Waals surface area (Å²) in [6.45, 7) is 2.28. The highest BCUT2D eigenvalue weighted by atomic mass is 35.5. The molecule has 0 spiro atoms. The Bertz CT molecular complexity index is 683. The van der Waals surface area contributed by atoms with E-state index < -0.39 is 0 Å². The molecule has 1 amide bonds. The Labute approximate surface area is 142 Å². The first-order chi connectivity index (χ1) is 11.1. The molecule has 1 N–H and O–H groups in total. The predicted molar refractivity (Wildman–Crippen MR) is 94.8 cm³/mol. The van der Waals surface area contributed by atoms with E-state index in [9.17, 15) is 4.79 Å². The molecule has 2 aromatic rings. The molecule has 0 bridgehead atoms. The molecular weight excluding hydrogens is 306 g/mol. The fraction of sp³-hybridized carbons (Fsp3) is 0.350. The van der Waals surface area contributed by atoms with Crippen molar-refractivity contribution in [2.24, 2.45) is 5.92 Å². The van der Waals surface area contributed by atoms with Gasteiger partial charge in [-0.1, -0.05) is 48.0 Å². The summed E-state index contributed by atoms with van der Waals surface area (Å²) < 4.78 is 0. The minimum atomic E-state index is 0.0320. The second-order valence-electron chi connectivity index (χ2n) is 6.38. The number of amides is 1. The summed E-state index contributed by atoms with van der Waals surface area (Å²) in [6, 6.07) is 16.8. The van der Waals surface area contributed by atoms with E-state index in [1.807, 2.05) is 6.07 Å². The van der Waals surface area contributed by atoms with Gasteiger partial charge in [0.05, 0.1) is 0 Å². The summed E-state index contributed by atoms with van der Waals surface area (Å²) in [7, 11) is 0. The van der Waals surface area contributed by atoms with E-state index >= 15 is 0 Å². The van der Waals surface area contributed by atoms with E-state index in [1.54, 1.807) is 6.92 Å². The molecular formula is C20H22ClNO. The Kier molecular flexibility index (Phi) is 5.02. The van der Waals surface area contributed by atoms with Crippen molar-refractivity contribution in [3.8, 4) is 0 Å². The third-order valence-corrected chi connectivity index (χ3v) is 5.00. The molecule has 3 heteroatoms. The van der Waals surface area contributed by atoms with Crippen LogP contribution >= 0.6 is 11.6 Å². The number of aryl methyl sites for hydroxylation is 1. The van der Waals surface area contributed by atoms with Gasteiger partial charge in [0.25, 0.3) is 0 Å². The lowest BCUT2D eigenvalue weighted by Gasteiger charge is -2.34. The van der Waals surface area contributed by atoms with Crippen LogP contribution in [0.5, 0.6) is 0 Å². The lowest BCUT2D eigenvalue weighted by Crippen LogP contribution is -2.33. The fourth-order valence-corrected chi connectivity index (χ4v) is 3.83. The van der Waals surface area contributed by atoms with Gasteiger partial charge in [0.1, 0.15) is 0 Å². The largest absolute Gasteiger partial charge is 0.356 e. The van der Waals surface area contributed by atoms with Gasteiger partial charge >= 0.3 is 0 Å². The first kappa shape index (κ1) is 16.1. The monoisotopic (exact) mass is 327 g/mol. The van der Waals surface area contributed by atoms with Gasteiger partial charge in [0, 0.05) is 24.4 Å². The number of carbonyl (C=O) groups is 1. The smallest absolute Gasteiger partial charge is 0.216 e. The van der Waals surface area contributed by atoms with Gasteiger partial charge in [-0.05, 0) is 54.0 Å². The lowest BCUT2D eigenvalue weighted by molar-refractivity contribution is -0.119. The Balaban J connectivity index is 1.86. The van der Waals surface area contributed by atoms with Crippen molar-refractivity contribution in [1.82, 2.24) is 5.32 Å². The first-order valence-electron chi connectivity index (χ1n) is 8.20. The zero-order valence-corrected chi connectivity index (χ0v) is 14.1. The molecule has 2 nitrogen and oxygen atoms in total. The van der Waals surface area contributed by atoms with Crippen LogP contribution in [0.15, 0.2) is 48.5 Å². The molecule has 1 aliphatic rings. The molecule has 120 valence electrons. The van der Waals surface area contributed by atoms with Gasteiger partial charge in [0.15, 0.2) is 0 Å².